The van der Waals surface area contributed by atoms with Crippen LogP contribution in [0.5, 0.6) is 0 Å². The van der Waals surface area contributed by atoms with Crippen molar-refractivity contribution in [3.05, 3.63) is 34.8 Å². The molecular formula is C13H15BrFN3. The number of unbranched alkanes of at least 4 members (excludes halogenated alkanes) is 1. The lowest BCUT2D eigenvalue weighted by Gasteiger charge is -2.05. The summed E-state index contributed by atoms with van der Waals surface area (Å²) in [6.07, 6.45) is 3.90. The van der Waals surface area contributed by atoms with Crippen molar-refractivity contribution < 1.29 is 4.39 Å². The highest BCUT2D eigenvalue weighted by atomic mass is 79.9. The van der Waals surface area contributed by atoms with Gasteiger partial charge in [-0.15, -0.1) is 0 Å². The van der Waals surface area contributed by atoms with Crippen LogP contribution in [0.4, 0.5) is 10.2 Å². The number of benzene rings is 1. The second-order valence-corrected chi connectivity index (χ2v) is 5.01. The second-order valence-electron chi connectivity index (χ2n) is 4.15. The molecule has 5 heteroatoms. The van der Waals surface area contributed by atoms with Crippen LogP contribution in [0, 0.1) is 5.82 Å². The topological polar surface area (TPSA) is 43.8 Å². The number of halogens is 2. The molecule has 2 N–H and O–H groups in total. The van der Waals surface area contributed by atoms with Gasteiger partial charge in [-0.1, -0.05) is 13.3 Å². The van der Waals surface area contributed by atoms with Crippen LogP contribution in [0.2, 0.25) is 0 Å². The molecule has 1 aromatic carbocycles. The molecule has 1 aromatic heterocycles. The monoisotopic (exact) mass is 311 g/mol. The first-order valence-electron chi connectivity index (χ1n) is 5.89. The van der Waals surface area contributed by atoms with Gasteiger partial charge in [-0.3, -0.25) is 0 Å². The average molecular weight is 312 g/mol. The molecule has 0 fully saturated rings. The molecule has 2 aromatic rings. The van der Waals surface area contributed by atoms with E-state index >= 15 is 0 Å². The molecule has 0 amide bonds. The summed E-state index contributed by atoms with van der Waals surface area (Å²) in [5.41, 5.74) is 7.57. The minimum Gasteiger partial charge on any atom is -0.383 e. The van der Waals surface area contributed by atoms with Crippen molar-refractivity contribution in [2.45, 2.75) is 26.3 Å². The summed E-state index contributed by atoms with van der Waals surface area (Å²) in [6, 6.07) is 4.78. The van der Waals surface area contributed by atoms with Crippen molar-refractivity contribution in [1.29, 1.82) is 0 Å². The van der Waals surface area contributed by atoms with Gasteiger partial charge in [0.25, 0.3) is 0 Å². The molecule has 1 heterocycles. The van der Waals surface area contributed by atoms with Crippen molar-refractivity contribution in [3.63, 3.8) is 0 Å². The lowest BCUT2D eigenvalue weighted by molar-refractivity contribution is 0.621. The third-order valence-electron chi connectivity index (χ3n) is 2.82. The number of aryl methyl sites for hydroxylation is 1. The average Bonchev–Trinajstić information content (AvgIpc) is 2.72. The smallest absolute Gasteiger partial charge is 0.137 e. The highest BCUT2D eigenvalue weighted by Crippen LogP contribution is 2.28. The van der Waals surface area contributed by atoms with E-state index in [1.807, 2.05) is 4.57 Å². The number of nitrogens with two attached hydrogens (primary N) is 1. The van der Waals surface area contributed by atoms with Gasteiger partial charge in [0.05, 0.1) is 10.8 Å². The standard InChI is InChI=1S/C13H15BrFN3/c1-2-3-6-18-8-17-12(13(18)16)9-4-5-11(15)10(14)7-9/h4-5,7-8H,2-3,6,16H2,1H3. The Balaban J connectivity index is 2.33. The van der Waals surface area contributed by atoms with Crippen LogP contribution in [-0.4, -0.2) is 9.55 Å². The van der Waals surface area contributed by atoms with E-state index in [1.165, 1.54) is 6.07 Å². The molecule has 0 radical (unpaired) electrons. The summed E-state index contributed by atoms with van der Waals surface area (Å²) in [6.45, 7) is 2.99. The fraction of sp³-hybridized carbons (Fsp3) is 0.308. The zero-order valence-corrected chi connectivity index (χ0v) is 11.7. The van der Waals surface area contributed by atoms with Gasteiger partial charge >= 0.3 is 0 Å². The maximum absolute atomic E-state index is 13.2. The van der Waals surface area contributed by atoms with Crippen LogP contribution in [-0.2, 0) is 6.54 Å². The van der Waals surface area contributed by atoms with Crippen molar-refractivity contribution in [1.82, 2.24) is 9.55 Å². The minimum absolute atomic E-state index is 0.289. The van der Waals surface area contributed by atoms with E-state index in [0.717, 1.165) is 24.9 Å². The highest BCUT2D eigenvalue weighted by molar-refractivity contribution is 9.10. The Hall–Kier alpha value is -1.36. The zero-order chi connectivity index (χ0) is 13.1. The first-order chi connectivity index (χ1) is 8.63. The van der Waals surface area contributed by atoms with Crippen molar-refractivity contribution >= 4 is 21.7 Å². The van der Waals surface area contributed by atoms with Gasteiger partial charge in [0, 0.05) is 12.1 Å². The van der Waals surface area contributed by atoms with Gasteiger partial charge < -0.3 is 10.3 Å². The van der Waals surface area contributed by atoms with Crippen LogP contribution >= 0.6 is 15.9 Å². The number of imidazole rings is 1. The molecule has 0 atom stereocenters. The third kappa shape index (κ3) is 2.56. The van der Waals surface area contributed by atoms with Gasteiger partial charge in [-0.25, -0.2) is 9.37 Å². The summed E-state index contributed by atoms with van der Waals surface area (Å²) in [5, 5.41) is 0. The van der Waals surface area contributed by atoms with E-state index in [-0.39, 0.29) is 5.82 Å². The van der Waals surface area contributed by atoms with Crippen molar-refractivity contribution in [3.8, 4) is 11.3 Å². The van der Waals surface area contributed by atoms with Crippen molar-refractivity contribution in [2.24, 2.45) is 0 Å². The number of hydrogen-bond donors (Lipinski definition) is 1. The van der Waals surface area contributed by atoms with E-state index < -0.39 is 0 Å². The van der Waals surface area contributed by atoms with Crippen LogP contribution in [0.1, 0.15) is 19.8 Å². The number of nitrogen functional groups attached to an aromatic ring is 1. The lowest BCUT2D eigenvalue weighted by atomic mass is 10.1. The molecule has 0 aliphatic rings. The molecule has 0 aliphatic heterocycles. The Morgan fingerprint density at radius 1 is 1.44 bits per heavy atom. The molecule has 18 heavy (non-hydrogen) atoms. The first kappa shape index (κ1) is 13.1. The third-order valence-corrected chi connectivity index (χ3v) is 3.43. The summed E-state index contributed by atoms with van der Waals surface area (Å²) < 4.78 is 15.5. The van der Waals surface area contributed by atoms with Gasteiger partial charge in [0.1, 0.15) is 17.3 Å². The molecule has 0 saturated carbocycles. The first-order valence-corrected chi connectivity index (χ1v) is 6.68. The number of hydrogen-bond acceptors (Lipinski definition) is 2. The maximum Gasteiger partial charge on any atom is 0.137 e. The molecule has 2 rings (SSSR count). The van der Waals surface area contributed by atoms with E-state index in [2.05, 4.69) is 27.8 Å². The fourth-order valence-corrected chi connectivity index (χ4v) is 2.14. The minimum atomic E-state index is -0.289. The van der Waals surface area contributed by atoms with Gasteiger partial charge in [-0.05, 0) is 40.5 Å². The molecule has 0 unspecified atom stereocenters. The zero-order valence-electron chi connectivity index (χ0n) is 10.2. The molecule has 3 nitrogen and oxygen atoms in total. The molecule has 0 spiro atoms. The Labute approximate surface area is 114 Å². The normalized spacial score (nSPS) is 10.8. The van der Waals surface area contributed by atoms with E-state index in [0.29, 0.717) is 16.0 Å². The Kier molecular flexibility index (Phi) is 4.01. The molecule has 0 bridgehead atoms. The van der Waals surface area contributed by atoms with Crippen molar-refractivity contribution in [2.75, 3.05) is 5.73 Å². The predicted molar refractivity (Wildman–Crippen MR) is 74.6 cm³/mol. The lowest BCUT2D eigenvalue weighted by Crippen LogP contribution is -2.02. The Bertz CT molecular complexity index is 551. The summed E-state index contributed by atoms with van der Waals surface area (Å²) in [5.74, 6) is 0.338. The summed E-state index contributed by atoms with van der Waals surface area (Å²) >= 11 is 3.17. The largest absolute Gasteiger partial charge is 0.383 e. The SMILES string of the molecule is CCCCn1cnc(-c2ccc(F)c(Br)c2)c1N. The van der Waals surface area contributed by atoms with E-state index in [4.69, 9.17) is 5.73 Å². The Morgan fingerprint density at radius 2 is 2.22 bits per heavy atom. The molecule has 96 valence electrons. The van der Waals surface area contributed by atoms with Crippen LogP contribution in [0.25, 0.3) is 11.3 Å². The maximum atomic E-state index is 13.2. The van der Waals surface area contributed by atoms with Gasteiger partial charge in [0.2, 0.25) is 0 Å². The number of nitrogens with zero attached hydrogens (tertiary/aromatic N) is 2. The van der Waals surface area contributed by atoms with Crippen LogP contribution in [0.15, 0.2) is 29.0 Å². The van der Waals surface area contributed by atoms with Gasteiger partial charge in [0.15, 0.2) is 0 Å². The summed E-state index contributed by atoms with van der Waals surface area (Å²) in [7, 11) is 0. The van der Waals surface area contributed by atoms with Crippen LogP contribution < -0.4 is 5.73 Å². The highest BCUT2D eigenvalue weighted by Gasteiger charge is 2.11. The second kappa shape index (κ2) is 5.52. The van der Waals surface area contributed by atoms with Gasteiger partial charge in [-0.2, -0.15) is 0 Å². The number of rotatable bonds is 4. The summed E-state index contributed by atoms with van der Waals surface area (Å²) in [4.78, 5) is 4.30. The fourth-order valence-electron chi connectivity index (χ4n) is 1.76. The molecular weight excluding hydrogens is 297 g/mol. The number of anilines is 1. The van der Waals surface area contributed by atoms with Crippen LogP contribution in [0.3, 0.4) is 0 Å². The quantitative estimate of drug-likeness (QED) is 0.932. The van der Waals surface area contributed by atoms with E-state index in [1.54, 1.807) is 18.5 Å². The van der Waals surface area contributed by atoms with E-state index in [9.17, 15) is 4.39 Å². The molecule has 0 aliphatic carbocycles. The number of aromatic nitrogens is 2. The predicted octanol–water partition coefficient (Wildman–Crippen LogP) is 3.83. The molecule has 0 saturated heterocycles. The Morgan fingerprint density at radius 3 is 2.89 bits per heavy atom.